The first-order chi connectivity index (χ1) is 9.41. The third kappa shape index (κ3) is 2.68. The molecule has 0 amide bonds. The molecule has 0 aliphatic carbocycles. The van der Waals surface area contributed by atoms with E-state index in [0.717, 1.165) is 0 Å². The van der Waals surface area contributed by atoms with Gasteiger partial charge in [0.05, 0.1) is 6.61 Å². The quantitative estimate of drug-likeness (QED) is 0.472. The second-order valence-electron chi connectivity index (χ2n) is 4.33. The van der Waals surface area contributed by atoms with Crippen molar-refractivity contribution < 1.29 is 39.8 Å². The lowest BCUT2D eigenvalue weighted by atomic mass is 10.1. The number of phenols is 1. The second kappa shape index (κ2) is 5.63. The predicted octanol–water partition coefficient (Wildman–Crippen LogP) is -1.09. The molecule has 1 saturated heterocycles. The van der Waals surface area contributed by atoms with E-state index in [1.54, 1.807) is 0 Å². The zero-order valence-electron chi connectivity index (χ0n) is 10.2. The molecule has 0 radical (unpaired) electrons. The Morgan fingerprint density at radius 3 is 2.60 bits per heavy atom. The number of hydrogen-bond acceptors (Lipinski definition) is 7. The van der Waals surface area contributed by atoms with E-state index >= 15 is 0 Å². The van der Waals surface area contributed by atoms with E-state index in [1.165, 1.54) is 18.2 Å². The molecular weight excluding hydrogens is 272 g/mol. The van der Waals surface area contributed by atoms with Crippen LogP contribution in [0, 0.1) is 0 Å². The molecule has 110 valence electrons. The highest BCUT2D eigenvalue weighted by molar-refractivity contribution is 5.91. The fraction of sp³-hybridized carbons (Fsp3) is 0.417. The Balaban J connectivity index is 2.18. The van der Waals surface area contributed by atoms with Crippen molar-refractivity contribution in [2.24, 2.45) is 0 Å². The average molecular weight is 286 g/mol. The van der Waals surface area contributed by atoms with Crippen molar-refractivity contribution in [3.05, 3.63) is 23.8 Å². The van der Waals surface area contributed by atoms with Gasteiger partial charge in [0, 0.05) is 0 Å². The number of benzene rings is 1. The van der Waals surface area contributed by atoms with E-state index in [9.17, 15) is 25.2 Å². The van der Waals surface area contributed by atoms with E-state index in [1.807, 2.05) is 0 Å². The number of ether oxygens (including phenoxy) is 2. The van der Waals surface area contributed by atoms with Crippen LogP contribution in [0.1, 0.15) is 10.4 Å². The van der Waals surface area contributed by atoms with Crippen LogP contribution in [0.2, 0.25) is 0 Å². The van der Waals surface area contributed by atoms with Gasteiger partial charge in [-0.2, -0.15) is 0 Å². The van der Waals surface area contributed by atoms with Crippen molar-refractivity contribution in [2.45, 2.75) is 24.6 Å². The van der Waals surface area contributed by atoms with Crippen molar-refractivity contribution in [3.63, 3.8) is 0 Å². The van der Waals surface area contributed by atoms with Crippen LogP contribution in [0.4, 0.5) is 0 Å². The van der Waals surface area contributed by atoms with Gasteiger partial charge in [0.1, 0.15) is 23.9 Å². The zero-order chi connectivity index (χ0) is 14.9. The second-order valence-corrected chi connectivity index (χ2v) is 4.33. The fourth-order valence-corrected chi connectivity index (χ4v) is 1.80. The average Bonchev–Trinajstić information content (AvgIpc) is 2.41. The number of aliphatic hydroxyl groups excluding tert-OH is 3. The Labute approximate surface area is 113 Å². The summed E-state index contributed by atoms with van der Waals surface area (Å²) in [6.45, 7) is -0.262. The van der Waals surface area contributed by atoms with Gasteiger partial charge in [-0.25, -0.2) is 4.79 Å². The Hall–Kier alpha value is -1.87. The van der Waals surface area contributed by atoms with Crippen LogP contribution in [0.5, 0.6) is 11.5 Å². The summed E-state index contributed by atoms with van der Waals surface area (Å²) >= 11 is 0. The van der Waals surface area contributed by atoms with E-state index in [-0.39, 0.29) is 17.9 Å². The number of rotatable bonds is 3. The van der Waals surface area contributed by atoms with Crippen LogP contribution in [0.3, 0.4) is 0 Å². The Bertz CT molecular complexity index is 502. The summed E-state index contributed by atoms with van der Waals surface area (Å²) in [5, 5.41) is 47.1. The summed E-state index contributed by atoms with van der Waals surface area (Å²) in [6, 6.07) is 3.82. The highest BCUT2D eigenvalue weighted by Gasteiger charge is 2.39. The van der Waals surface area contributed by atoms with E-state index in [4.69, 9.17) is 14.6 Å². The Kier molecular flexibility index (Phi) is 4.09. The molecule has 0 bridgehead atoms. The molecule has 1 fully saturated rings. The highest BCUT2D eigenvalue weighted by Crippen LogP contribution is 2.32. The molecule has 1 aliphatic heterocycles. The van der Waals surface area contributed by atoms with Crippen LogP contribution in [0.15, 0.2) is 18.2 Å². The standard InChI is InChI=1S/C12H14O8/c13-6-4-19-12(10(16)9(6)15)20-7-3-1-2-5(8(7)14)11(17)18/h1-3,6,9-10,12-16H,4H2,(H,17,18)/t6-,9+,10-,12+/m1/s1. The van der Waals surface area contributed by atoms with Gasteiger partial charge in [-0.15, -0.1) is 0 Å². The molecule has 20 heavy (non-hydrogen) atoms. The van der Waals surface area contributed by atoms with Crippen molar-refractivity contribution in [1.29, 1.82) is 0 Å². The molecule has 1 aliphatic rings. The first-order valence-electron chi connectivity index (χ1n) is 5.79. The van der Waals surface area contributed by atoms with Gasteiger partial charge in [-0.3, -0.25) is 0 Å². The molecule has 5 N–H and O–H groups in total. The first kappa shape index (κ1) is 14.5. The normalized spacial score (nSPS) is 29.9. The largest absolute Gasteiger partial charge is 0.504 e. The molecule has 1 aromatic carbocycles. The van der Waals surface area contributed by atoms with Crippen molar-refractivity contribution in [3.8, 4) is 11.5 Å². The molecule has 0 unspecified atom stereocenters. The predicted molar refractivity (Wildman–Crippen MR) is 63.5 cm³/mol. The van der Waals surface area contributed by atoms with Gasteiger partial charge in [-0.1, -0.05) is 6.07 Å². The summed E-state index contributed by atoms with van der Waals surface area (Å²) in [5.41, 5.74) is -0.367. The van der Waals surface area contributed by atoms with Gasteiger partial charge in [0.2, 0.25) is 6.29 Å². The van der Waals surface area contributed by atoms with Crippen LogP contribution in [-0.2, 0) is 4.74 Å². The minimum Gasteiger partial charge on any atom is -0.504 e. The summed E-state index contributed by atoms with van der Waals surface area (Å²) in [4.78, 5) is 10.9. The number of aliphatic hydroxyl groups is 3. The molecule has 4 atom stereocenters. The highest BCUT2D eigenvalue weighted by atomic mass is 16.7. The van der Waals surface area contributed by atoms with Crippen LogP contribution >= 0.6 is 0 Å². The Morgan fingerprint density at radius 2 is 1.95 bits per heavy atom. The summed E-state index contributed by atoms with van der Waals surface area (Å²) in [5.74, 6) is -2.16. The number of carboxylic acids is 1. The maximum Gasteiger partial charge on any atom is 0.339 e. The molecule has 2 rings (SSSR count). The zero-order valence-corrected chi connectivity index (χ0v) is 10.2. The minimum absolute atomic E-state index is 0.211. The lowest BCUT2D eigenvalue weighted by molar-refractivity contribution is -0.242. The lowest BCUT2D eigenvalue weighted by Crippen LogP contribution is -2.54. The molecule has 1 aromatic rings. The number of aromatic hydroxyl groups is 1. The fourth-order valence-electron chi connectivity index (χ4n) is 1.80. The number of para-hydroxylation sites is 1. The number of aromatic carboxylic acids is 1. The van der Waals surface area contributed by atoms with Gasteiger partial charge < -0.3 is 35.0 Å². The maximum absolute atomic E-state index is 10.9. The van der Waals surface area contributed by atoms with Gasteiger partial charge >= 0.3 is 5.97 Å². The van der Waals surface area contributed by atoms with Gasteiger partial charge in [0.25, 0.3) is 0 Å². The summed E-state index contributed by atoms with van der Waals surface area (Å²) < 4.78 is 10.1. The summed E-state index contributed by atoms with van der Waals surface area (Å²) in [6.07, 6.45) is -5.57. The lowest BCUT2D eigenvalue weighted by Gasteiger charge is -2.35. The Morgan fingerprint density at radius 1 is 1.25 bits per heavy atom. The smallest absolute Gasteiger partial charge is 0.339 e. The molecule has 0 aromatic heterocycles. The molecule has 0 saturated carbocycles. The molecule has 8 nitrogen and oxygen atoms in total. The maximum atomic E-state index is 10.9. The van der Waals surface area contributed by atoms with Crippen LogP contribution in [-0.4, -0.2) is 62.7 Å². The van der Waals surface area contributed by atoms with Gasteiger partial charge in [0.15, 0.2) is 11.5 Å². The van der Waals surface area contributed by atoms with Crippen LogP contribution in [0.25, 0.3) is 0 Å². The topological polar surface area (TPSA) is 137 Å². The van der Waals surface area contributed by atoms with Gasteiger partial charge in [-0.05, 0) is 12.1 Å². The molecule has 8 heteroatoms. The van der Waals surface area contributed by atoms with E-state index < -0.39 is 36.3 Å². The third-order valence-corrected chi connectivity index (χ3v) is 2.93. The molecular formula is C12H14O8. The summed E-state index contributed by atoms with van der Waals surface area (Å²) in [7, 11) is 0. The first-order valence-corrected chi connectivity index (χ1v) is 5.79. The number of carbonyl (C=O) groups is 1. The van der Waals surface area contributed by atoms with Crippen LogP contribution < -0.4 is 4.74 Å². The molecule has 0 spiro atoms. The van der Waals surface area contributed by atoms with Crippen molar-refractivity contribution in [1.82, 2.24) is 0 Å². The third-order valence-electron chi connectivity index (χ3n) is 2.93. The monoisotopic (exact) mass is 286 g/mol. The van der Waals surface area contributed by atoms with E-state index in [2.05, 4.69) is 0 Å². The number of hydrogen-bond donors (Lipinski definition) is 5. The number of carboxylic acid groups (broad SMARTS) is 1. The van der Waals surface area contributed by atoms with E-state index in [0.29, 0.717) is 0 Å². The molecule has 1 heterocycles. The SMILES string of the molecule is O=C(O)c1cccc(O[C@@H]2OC[C@@H](O)[C@H](O)[C@H]2O)c1O. The van der Waals surface area contributed by atoms with Crippen molar-refractivity contribution in [2.75, 3.05) is 6.61 Å². The minimum atomic E-state index is -1.54. The van der Waals surface area contributed by atoms with Crippen molar-refractivity contribution >= 4 is 5.97 Å².